The lowest BCUT2D eigenvalue weighted by atomic mass is 10.2. The van der Waals surface area contributed by atoms with Crippen molar-refractivity contribution in [2.45, 2.75) is 32.6 Å². The molecule has 0 unspecified atom stereocenters. The Kier molecular flexibility index (Phi) is 9.50. The quantitative estimate of drug-likeness (QED) is 0.352. The summed E-state index contributed by atoms with van der Waals surface area (Å²) >= 11 is 0. The Bertz CT molecular complexity index is 76.1. The fraction of sp³-hybridized carbons (Fsp3) is 1.00. The van der Waals surface area contributed by atoms with Crippen LogP contribution in [0.25, 0.3) is 0 Å². The maximum absolute atomic E-state index is 2.26. The molecule has 1 nitrogen and oxygen atoms in total. The second kappa shape index (κ2) is 7.35. The van der Waals surface area contributed by atoms with E-state index in [2.05, 4.69) is 28.1 Å². The topological polar surface area (TPSA) is 0 Å². The highest BCUT2D eigenvalue weighted by atomic mass is 127. The van der Waals surface area contributed by atoms with Crippen molar-refractivity contribution in [2.24, 2.45) is 0 Å². The van der Waals surface area contributed by atoms with Gasteiger partial charge in [0.25, 0.3) is 0 Å². The van der Waals surface area contributed by atoms with Crippen LogP contribution in [0.15, 0.2) is 0 Å². The average Bonchev–Trinajstić information content (AvgIpc) is 1.78. The van der Waals surface area contributed by atoms with Crippen LogP contribution >= 0.6 is 0 Å². The second-order valence-electron chi connectivity index (χ2n) is 4.07. The summed E-state index contributed by atoms with van der Waals surface area (Å²) in [7, 11) is 6.77. The molecule has 0 bridgehead atoms. The van der Waals surface area contributed by atoms with E-state index in [1.807, 2.05) is 0 Å². The van der Waals surface area contributed by atoms with Crippen LogP contribution in [-0.4, -0.2) is 32.2 Å². The molecule has 0 aromatic rings. The molecule has 0 amide bonds. The third kappa shape index (κ3) is 13.7. The minimum atomic E-state index is 0. The fourth-order valence-electron chi connectivity index (χ4n) is 1.01. The van der Waals surface area contributed by atoms with E-state index in [1.54, 1.807) is 0 Å². The first kappa shape index (κ1) is 14.2. The second-order valence-corrected chi connectivity index (χ2v) is 4.07. The normalized spacial score (nSPS) is 10.9. The number of rotatable bonds is 5. The van der Waals surface area contributed by atoms with E-state index in [4.69, 9.17) is 0 Å². The molecule has 0 heterocycles. The first-order valence-electron chi connectivity index (χ1n) is 4.36. The van der Waals surface area contributed by atoms with Gasteiger partial charge >= 0.3 is 0 Å². The Morgan fingerprint density at radius 1 is 0.909 bits per heavy atom. The predicted octanol–water partition coefficient (Wildman–Crippen LogP) is -0.723. The molecule has 0 saturated heterocycles. The summed E-state index contributed by atoms with van der Waals surface area (Å²) in [5.74, 6) is 0. The van der Waals surface area contributed by atoms with Crippen LogP contribution in [0.3, 0.4) is 0 Å². The summed E-state index contributed by atoms with van der Waals surface area (Å²) in [6.07, 6.45) is 5.54. The summed E-state index contributed by atoms with van der Waals surface area (Å²) in [5.41, 5.74) is 0. The molecular formula is C9H22IN. The first-order valence-corrected chi connectivity index (χ1v) is 4.36. The van der Waals surface area contributed by atoms with Crippen LogP contribution in [0.2, 0.25) is 0 Å². The largest absolute Gasteiger partial charge is 1.00 e. The summed E-state index contributed by atoms with van der Waals surface area (Å²) in [6.45, 7) is 3.58. The van der Waals surface area contributed by atoms with Gasteiger partial charge < -0.3 is 28.5 Å². The molecule has 0 radical (unpaired) electrons. The zero-order valence-electron chi connectivity index (χ0n) is 8.36. The van der Waals surface area contributed by atoms with Crippen LogP contribution in [-0.2, 0) is 0 Å². The van der Waals surface area contributed by atoms with E-state index in [0.717, 1.165) is 4.48 Å². The van der Waals surface area contributed by atoms with Crippen LogP contribution < -0.4 is 24.0 Å². The summed E-state index contributed by atoms with van der Waals surface area (Å²) < 4.78 is 1.11. The van der Waals surface area contributed by atoms with Crippen molar-refractivity contribution in [3.63, 3.8) is 0 Å². The number of hydrogen-bond donors (Lipinski definition) is 0. The SMILES string of the molecule is CCCCCC[N+](C)(C)C.[I-]. The molecule has 0 saturated carbocycles. The van der Waals surface area contributed by atoms with Gasteiger partial charge in [-0.2, -0.15) is 0 Å². The Morgan fingerprint density at radius 3 is 1.82 bits per heavy atom. The van der Waals surface area contributed by atoms with Gasteiger partial charge in [0.05, 0.1) is 27.7 Å². The molecule has 0 aliphatic heterocycles. The lowest BCUT2D eigenvalue weighted by Gasteiger charge is -2.23. The Morgan fingerprint density at radius 2 is 1.45 bits per heavy atom. The van der Waals surface area contributed by atoms with Crippen molar-refractivity contribution < 1.29 is 28.5 Å². The minimum absolute atomic E-state index is 0. The maximum Gasteiger partial charge on any atom is 0.0780 e. The molecular weight excluding hydrogens is 249 g/mol. The summed E-state index contributed by atoms with van der Waals surface area (Å²) in [6, 6.07) is 0. The number of unbranched alkanes of at least 4 members (excludes halogenated alkanes) is 3. The van der Waals surface area contributed by atoms with Gasteiger partial charge in [-0.1, -0.05) is 19.8 Å². The summed E-state index contributed by atoms with van der Waals surface area (Å²) in [5, 5.41) is 0. The smallest absolute Gasteiger partial charge is 0.0780 e. The Balaban J connectivity index is 0. The van der Waals surface area contributed by atoms with Crippen LogP contribution in [0, 0.1) is 0 Å². The van der Waals surface area contributed by atoms with E-state index >= 15 is 0 Å². The first-order chi connectivity index (χ1) is 4.56. The van der Waals surface area contributed by atoms with Crippen molar-refractivity contribution in [3.05, 3.63) is 0 Å². The minimum Gasteiger partial charge on any atom is -1.00 e. The molecule has 0 aromatic heterocycles. The Hall–Kier alpha value is 0.690. The zero-order chi connectivity index (χ0) is 8.04. The number of hydrogen-bond acceptors (Lipinski definition) is 0. The predicted molar refractivity (Wildman–Crippen MR) is 47.0 cm³/mol. The van der Waals surface area contributed by atoms with Gasteiger partial charge in [-0.05, 0) is 12.8 Å². The molecule has 0 aliphatic carbocycles. The zero-order valence-corrected chi connectivity index (χ0v) is 10.5. The number of halogens is 1. The highest BCUT2D eigenvalue weighted by Crippen LogP contribution is 2.01. The lowest BCUT2D eigenvalue weighted by molar-refractivity contribution is -0.870. The summed E-state index contributed by atoms with van der Waals surface area (Å²) in [4.78, 5) is 0. The lowest BCUT2D eigenvalue weighted by Crippen LogP contribution is -3.00. The Labute approximate surface area is 88.8 Å². The number of nitrogens with zero attached hydrogens (tertiary/aromatic N) is 1. The monoisotopic (exact) mass is 271 g/mol. The average molecular weight is 271 g/mol. The molecule has 0 fully saturated rings. The van der Waals surface area contributed by atoms with Crippen molar-refractivity contribution in [1.82, 2.24) is 0 Å². The van der Waals surface area contributed by atoms with E-state index < -0.39 is 0 Å². The maximum atomic E-state index is 2.26. The van der Waals surface area contributed by atoms with Crippen LogP contribution in [0.1, 0.15) is 32.6 Å². The van der Waals surface area contributed by atoms with Crippen molar-refractivity contribution in [2.75, 3.05) is 27.7 Å². The van der Waals surface area contributed by atoms with Gasteiger partial charge in [-0.25, -0.2) is 0 Å². The van der Waals surface area contributed by atoms with E-state index in [0.29, 0.717) is 0 Å². The molecule has 0 rings (SSSR count). The van der Waals surface area contributed by atoms with Crippen molar-refractivity contribution in [1.29, 1.82) is 0 Å². The third-order valence-corrected chi connectivity index (χ3v) is 1.68. The van der Waals surface area contributed by atoms with E-state index in [1.165, 1.54) is 32.2 Å². The van der Waals surface area contributed by atoms with Gasteiger partial charge in [-0.15, -0.1) is 0 Å². The van der Waals surface area contributed by atoms with Gasteiger partial charge in [0.15, 0.2) is 0 Å². The molecule has 0 spiro atoms. The highest BCUT2D eigenvalue weighted by molar-refractivity contribution is 4.38. The van der Waals surface area contributed by atoms with Crippen LogP contribution in [0.5, 0.6) is 0 Å². The van der Waals surface area contributed by atoms with Gasteiger partial charge in [0.1, 0.15) is 0 Å². The molecule has 2 heteroatoms. The fourth-order valence-corrected chi connectivity index (χ4v) is 1.01. The highest BCUT2D eigenvalue weighted by Gasteiger charge is 2.04. The molecule has 0 atom stereocenters. The van der Waals surface area contributed by atoms with E-state index in [9.17, 15) is 0 Å². The van der Waals surface area contributed by atoms with Crippen molar-refractivity contribution in [3.8, 4) is 0 Å². The molecule has 0 aliphatic rings. The molecule has 0 aromatic carbocycles. The number of quaternary nitrogens is 1. The third-order valence-electron chi connectivity index (χ3n) is 1.68. The molecule has 11 heavy (non-hydrogen) atoms. The molecule has 70 valence electrons. The van der Waals surface area contributed by atoms with Gasteiger partial charge in [-0.3, -0.25) is 0 Å². The molecule has 0 N–H and O–H groups in total. The van der Waals surface area contributed by atoms with Gasteiger partial charge in [0, 0.05) is 0 Å². The van der Waals surface area contributed by atoms with Crippen LogP contribution in [0.4, 0.5) is 0 Å². The standard InChI is InChI=1S/C9H22N.HI/c1-5-6-7-8-9-10(2,3)4;/h5-9H2,1-4H3;1H/q+1;/p-1. The van der Waals surface area contributed by atoms with E-state index in [-0.39, 0.29) is 24.0 Å². The van der Waals surface area contributed by atoms with Crippen molar-refractivity contribution >= 4 is 0 Å². The van der Waals surface area contributed by atoms with Gasteiger partial charge in [0.2, 0.25) is 0 Å².